The highest BCUT2D eigenvalue weighted by Gasteiger charge is 2.41. The first-order chi connectivity index (χ1) is 12.4. The summed E-state index contributed by atoms with van der Waals surface area (Å²) in [4.78, 5) is 20.0. The predicted octanol–water partition coefficient (Wildman–Crippen LogP) is 5.50. The summed E-state index contributed by atoms with van der Waals surface area (Å²) >= 11 is 7.78. The van der Waals surface area contributed by atoms with Gasteiger partial charge in [-0.2, -0.15) is 0 Å². The van der Waals surface area contributed by atoms with Crippen LogP contribution in [0.15, 0.2) is 54.1 Å². The quantitative estimate of drug-likeness (QED) is 0.599. The predicted molar refractivity (Wildman–Crippen MR) is 108 cm³/mol. The summed E-state index contributed by atoms with van der Waals surface area (Å²) in [6.07, 6.45) is 0. The zero-order valence-electron chi connectivity index (χ0n) is 14.9. The van der Waals surface area contributed by atoms with Crippen molar-refractivity contribution in [1.82, 2.24) is 9.88 Å². The molecular formula is C21H19ClN2OS. The van der Waals surface area contributed by atoms with Gasteiger partial charge in [0.25, 0.3) is 5.91 Å². The van der Waals surface area contributed by atoms with E-state index in [4.69, 9.17) is 16.6 Å². The molecule has 1 aliphatic rings. The minimum absolute atomic E-state index is 0.0361. The molecule has 26 heavy (non-hydrogen) atoms. The molecule has 0 radical (unpaired) electrons. The van der Waals surface area contributed by atoms with Crippen LogP contribution in [0.3, 0.4) is 0 Å². The minimum Gasteiger partial charge on any atom is -0.323 e. The molecular weight excluding hydrogens is 364 g/mol. The van der Waals surface area contributed by atoms with Crippen molar-refractivity contribution in [3.8, 4) is 0 Å². The summed E-state index contributed by atoms with van der Waals surface area (Å²) in [7, 11) is 0. The Labute approximate surface area is 161 Å². The first kappa shape index (κ1) is 17.3. The lowest BCUT2D eigenvalue weighted by Crippen LogP contribution is -2.43. The number of carbonyl (C=O) groups excluding carboxylic acids is 1. The van der Waals surface area contributed by atoms with Crippen molar-refractivity contribution in [2.45, 2.75) is 26.3 Å². The van der Waals surface area contributed by atoms with Crippen LogP contribution in [0.1, 0.15) is 31.3 Å². The maximum absolute atomic E-state index is 13.3. The van der Waals surface area contributed by atoms with Gasteiger partial charge in [-0.3, -0.25) is 4.79 Å². The first-order valence-corrected chi connectivity index (χ1v) is 9.71. The van der Waals surface area contributed by atoms with Gasteiger partial charge >= 0.3 is 0 Å². The monoisotopic (exact) mass is 382 g/mol. The number of rotatable bonds is 3. The second-order valence-electron chi connectivity index (χ2n) is 7.10. The molecule has 0 saturated carbocycles. The molecule has 2 aromatic carbocycles. The molecule has 2 heterocycles. The van der Waals surface area contributed by atoms with Crippen molar-refractivity contribution in [1.29, 1.82) is 0 Å². The number of aromatic nitrogens is 1. The fourth-order valence-electron chi connectivity index (χ4n) is 3.42. The van der Waals surface area contributed by atoms with E-state index in [1.807, 2.05) is 54.3 Å². The Balaban J connectivity index is 1.71. The molecule has 0 saturated heterocycles. The van der Waals surface area contributed by atoms with Gasteiger partial charge in [-0.15, -0.1) is 11.3 Å². The number of fused-ring (bicyclic) bond motifs is 1. The molecule has 3 aromatic rings. The van der Waals surface area contributed by atoms with Crippen molar-refractivity contribution >= 4 is 44.6 Å². The lowest BCUT2D eigenvalue weighted by Gasteiger charge is -2.34. The molecule has 3 nitrogen and oxygen atoms in total. The van der Waals surface area contributed by atoms with Crippen LogP contribution in [0, 0.1) is 0 Å². The summed E-state index contributed by atoms with van der Waals surface area (Å²) in [5.41, 5.74) is 3.19. The summed E-state index contributed by atoms with van der Waals surface area (Å²) in [6, 6.07) is 15.6. The van der Waals surface area contributed by atoms with Crippen molar-refractivity contribution < 1.29 is 4.79 Å². The smallest absolute Gasteiger partial charge is 0.255 e. The number of carbonyl (C=O) groups is 1. The van der Waals surface area contributed by atoms with Crippen LogP contribution in [0.2, 0.25) is 5.02 Å². The summed E-state index contributed by atoms with van der Waals surface area (Å²) < 4.78 is 1.14. The largest absolute Gasteiger partial charge is 0.323 e. The number of amides is 1. The maximum atomic E-state index is 13.3. The van der Waals surface area contributed by atoms with E-state index in [0.29, 0.717) is 11.6 Å². The van der Waals surface area contributed by atoms with Crippen LogP contribution in [-0.4, -0.2) is 22.3 Å². The van der Waals surface area contributed by atoms with Gasteiger partial charge in [-0.05, 0) is 56.2 Å². The third-order valence-electron chi connectivity index (χ3n) is 4.89. The fraction of sp³-hybridized carbons (Fsp3) is 0.238. The second kappa shape index (κ2) is 6.22. The fourth-order valence-corrected chi connectivity index (χ4v) is 4.69. The molecule has 0 spiro atoms. The molecule has 4 rings (SSSR count). The Morgan fingerprint density at radius 1 is 1.15 bits per heavy atom. The van der Waals surface area contributed by atoms with Gasteiger partial charge in [0.05, 0.1) is 15.8 Å². The highest BCUT2D eigenvalue weighted by atomic mass is 35.5. The molecule has 0 N–H and O–H groups in total. The van der Waals surface area contributed by atoms with Crippen LogP contribution >= 0.6 is 22.9 Å². The molecule has 0 aliphatic carbocycles. The number of benzene rings is 2. The van der Waals surface area contributed by atoms with Crippen LogP contribution in [-0.2, 0) is 10.3 Å². The molecule has 1 aliphatic heterocycles. The zero-order valence-corrected chi connectivity index (χ0v) is 16.5. The number of para-hydroxylation sites is 1. The van der Waals surface area contributed by atoms with Gasteiger partial charge in [0, 0.05) is 17.1 Å². The lowest BCUT2D eigenvalue weighted by atomic mass is 10.0. The molecule has 0 unspecified atom stereocenters. The van der Waals surface area contributed by atoms with Crippen molar-refractivity contribution in [3.63, 3.8) is 0 Å². The summed E-state index contributed by atoms with van der Waals surface area (Å²) in [6.45, 7) is 6.75. The number of thiazole rings is 1. The van der Waals surface area contributed by atoms with Gasteiger partial charge in [0.1, 0.15) is 5.01 Å². The minimum atomic E-state index is -0.484. The van der Waals surface area contributed by atoms with Gasteiger partial charge in [0.15, 0.2) is 0 Å². The molecule has 0 atom stereocenters. The van der Waals surface area contributed by atoms with Crippen LogP contribution < -0.4 is 0 Å². The number of halogens is 1. The van der Waals surface area contributed by atoms with Crippen LogP contribution in [0.4, 0.5) is 0 Å². The Hall–Kier alpha value is -2.17. The highest BCUT2D eigenvalue weighted by Crippen LogP contribution is 2.40. The van der Waals surface area contributed by atoms with E-state index in [1.165, 1.54) is 0 Å². The van der Waals surface area contributed by atoms with E-state index >= 15 is 0 Å². The SMILES string of the molecule is CC1=C(c2cccc(Cl)c2)C(=O)N(C(C)(C)c2nc3ccccc3s2)C1. The van der Waals surface area contributed by atoms with E-state index in [1.54, 1.807) is 11.3 Å². The lowest BCUT2D eigenvalue weighted by molar-refractivity contribution is -0.128. The third kappa shape index (κ3) is 2.74. The number of nitrogens with zero attached hydrogens (tertiary/aromatic N) is 2. The van der Waals surface area contributed by atoms with Gasteiger partial charge in [0.2, 0.25) is 0 Å². The molecule has 1 aromatic heterocycles. The van der Waals surface area contributed by atoms with E-state index in [0.717, 1.165) is 31.9 Å². The summed E-state index contributed by atoms with van der Waals surface area (Å²) in [5.74, 6) is 0.0361. The maximum Gasteiger partial charge on any atom is 0.255 e. The van der Waals surface area contributed by atoms with Gasteiger partial charge < -0.3 is 4.90 Å². The van der Waals surface area contributed by atoms with E-state index in [2.05, 4.69) is 19.9 Å². The van der Waals surface area contributed by atoms with Crippen molar-refractivity contribution in [2.75, 3.05) is 6.54 Å². The Bertz CT molecular complexity index is 1020. The molecule has 0 fully saturated rings. The zero-order chi connectivity index (χ0) is 18.5. The number of hydrogen-bond acceptors (Lipinski definition) is 3. The Morgan fingerprint density at radius 2 is 1.92 bits per heavy atom. The van der Waals surface area contributed by atoms with Crippen LogP contribution in [0.5, 0.6) is 0 Å². The van der Waals surface area contributed by atoms with E-state index in [9.17, 15) is 4.79 Å². The third-order valence-corrected chi connectivity index (χ3v) is 6.47. The van der Waals surface area contributed by atoms with Crippen LogP contribution in [0.25, 0.3) is 15.8 Å². The normalized spacial score (nSPS) is 15.4. The van der Waals surface area contributed by atoms with Crippen molar-refractivity contribution in [3.05, 3.63) is 69.7 Å². The molecule has 132 valence electrons. The first-order valence-electron chi connectivity index (χ1n) is 8.51. The highest BCUT2D eigenvalue weighted by molar-refractivity contribution is 7.18. The molecule has 0 bridgehead atoms. The second-order valence-corrected chi connectivity index (χ2v) is 8.57. The van der Waals surface area contributed by atoms with Gasteiger partial charge in [-0.1, -0.05) is 35.9 Å². The Morgan fingerprint density at radius 3 is 2.65 bits per heavy atom. The van der Waals surface area contributed by atoms with Crippen molar-refractivity contribution in [2.24, 2.45) is 0 Å². The Kier molecular flexibility index (Phi) is 4.13. The summed E-state index contributed by atoms with van der Waals surface area (Å²) in [5, 5.41) is 1.59. The van der Waals surface area contributed by atoms with Gasteiger partial charge in [-0.25, -0.2) is 4.98 Å². The average molecular weight is 383 g/mol. The topological polar surface area (TPSA) is 33.2 Å². The number of hydrogen-bond donors (Lipinski definition) is 0. The standard InChI is InChI=1S/C21H19ClN2OS/c1-13-12-24(19(25)18(13)14-7-6-8-15(22)11-14)21(2,3)20-23-16-9-4-5-10-17(16)26-20/h4-11H,12H2,1-3H3. The van der Waals surface area contributed by atoms with E-state index < -0.39 is 5.54 Å². The molecule has 1 amide bonds. The van der Waals surface area contributed by atoms with E-state index in [-0.39, 0.29) is 5.91 Å². The molecule has 5 heteroatoms. The average Bonchev–Trinajstić information content (AvgIpc) is 3.16.